The molecule has 2 aromatic carbocycles. The standard InChI is InChI=1S/C18H23NO/c1-3-4-13-19(17-11-6-5-7-12-17)14-16-10-8-9-15(2)18(16)20/h5-12,20H,3-4,13-14H2,1-2H3. The van der Waals surface area contributed by atoms with Crippen molar-refractivity contribution in [2.45, 2.75) is 33.2 Å². The van der Waals surface area contributed by atoms with E-state index in [1.807, 2.05) is 31.2 Å². The van der Waals surface area contributed by atoms with E-state index >= 15 is 0 Å². The Hall–Kier alpha value is -1.96. The molecule has 0 aliphatic carbocycles. The molecule has 0 bridgehead atoms. The van der Waals surface area contributed by atoms with Gasteiger partial charge in [-0.1, -0.05) is 49.7 Å². The lowest BCUT2D eigenvalue weighted by Gasteiger charge is -2.25. The van der Waals surface area contributed by atoms with Crippen LogP contribution in [-0.2, 0) is 6.54 Å². The molecule has 1 N–H and O–H groups in total. The molecule has 0 aliphatic rings. The van der Waals surface area contributed by atoms with E-state index in [-0.39, 0.29) is 0 Å². The third kappa shape index (κ3) is 3.53. The van der Waals surface area contributed by atoms with E-state index in [0.29, 0.717) is 5.75 Å². The van der Waals surface area contributed by atoms with Gasteiger partial charge in [0.05, 0.1) is 0 Å². The summed E-state index contributed by atoms with van der Waals surface area (Å²) in [6, 6.07) is 16.4. The Bertz CT molecular complexity index is 536. The first-order chi connectivity index (χ1) is 9.72. The smallest absolute Gasteiger partial charge is 0.123 e. The van der Waals surface area contributed by atoms with Gasteiger partial charge in [0.1, 0.15) is 5.75 Å². The fourth-order valence-corrected chi connectivity index (χ4v) is 2.34. The Morgan fingerprint density at radius 3 is 2.45 bits per heavy atom. The molecule has 0 aliphatic heterocycles. The van der Waals surface area contributed by atoms with Crippen LogP contribution in [0.4, 0.5) is 5.69 Å². The first-order valence-electron chi connectivity index (χ1n) is 7.30. The minimum absolute atomic E-state index is 0.421. The summed E-state index contributed by atoms with van der Waals surface area (Å²) in [5.41, 5.74) is 3.14. The van der Waals surface area contributed by atoms with Gasteiger partial charge in [0.2, 0.25) is 0 Å². The lowest BCUT2D eigenvalue weighted by molar-refractivity contribution is 0.463. The highest BCUT2D eigenvalue weighted by molar-refractivity contribution is 5.49. The Morgan fingerprint density at radius 1 is 1.00 bits per heavy atom. The molecule has 2 nitrogen and oxygen atoms in total. The highest BCUT2D eigenvalue weighted by Gasteiger charge is 2.10. The third-order valence-electron chi connectivity index (χ3n) is 3.59. The molecule has 0 atom stereocenters. The predicted molar refractivity (Wildman–Crippen MR) is 85.2 cm³/mol. The molecule has 2 aromatic rings. The Balaban J connectivity index is 2.21. The zero-order valence-electron chi connectivity index (χ0n) is 12.3. The second kappa shape index (κ2) is 6.99. The first-order valence-corrected chi connectivity index (χ1v) is 7.30. The Morgan fingerprint density at radius 2 is 1.75 bits per heavy atom. The molecule has 0 saturated carbocycles. The van der Waals surface area contributed by atoms with Gasteiger partial charge in [0.15, 0.2) is 0 Å². The van der Waals surface area contributed by atoms with E-state index in [2.05, 4.69) is 36.1 Å². The number of aromatic hydroxyl groups is 1. The second-order valence-corrected chi connectivity index (χ2v) is 5.19. The van der Waals surface area contributed by atoms with E-state index in [0.717, 1.165) is 30.6 Å². The molecule has 2 heteroatoms. The average molecular weight is 269 g/mol. The van der Waals surface area contributed by atoms with Crippen molar-refractivity contribution < 1.29 is 5.11 Å². The van der Waals surface area contributed by atoms with Crippen LogP contribution in [0.15, 0.2) is 48.5 Å². The maximum absolute atomic E-state index is 10.2. The highest BCUT2D eigenvalue weighted by Crippen LogP contribution is 2.25. The van der Waals surface area contributed by atoms with E-state index in [4.69, 9.17) is 0 Å². The van der Waals surface area contributed by atoms with Crippen LogP contribution in [0.5, 0.6) is 5.75 Å². The number of rotatable bonds is 6. The van der Waals surface area contributed by atoms with Crippen LogP contribution < -0.4 is 4.90 Å². The number of unbranched alkanes of at least 4 members (excludes halogenated alkanes) is 1. The van der Waals surface area contributed by atoms with Crippen LogP contribution in [0.2, 0.25) is 0 Å². The van der Waals surface area contributed by atoms with Crippen molar-refractivity contribution in [3.8, 4) is 5.75 Å². The number of nitrogens with zero attached hydrogens (tertiary/aromatic N) is 1. The molecule has 0 aromatic heterocycles. The van der Waals surface area contributed by atoms with Crippen LogP contribution in [-0.4, -0.2) is 11.7 Å². The zero-order chi connectivity index (χ0) is 14.4. The van der Waals surface area contributed by atoms with Crippen LogP contribution >= 0.6 is 0 Å². The third-order valence-corrected chi connectivity index (χ3v) is 3.59. The van der Waals surface area contributed by atoms with Crippen molar-refractivity contribution in [3.63, 3.8) is 0 Å². The van der Waals surface area contributed by atoms with Gasteiger partial charge in [-0.15, -0.1) is 0 Å². The van der Waals surface area contributed by atoms with Crippen LogP contribution in [0, 0.1) is 6.92 Å². The molecular formula is C18H23NO. The maximum atomic E-state index is 10.2. The van der Waals surface area contributed by atoms with Gasteiger partial charge < -0.3 is 10.0 Å². The molecule has 0 saturated heterocycles. The van der Waals surface area contributed by atoms with Crippen molar-refractivity contribution in [1.82, 2.24) is 0 Å². The summed E-state index contributed by atoms with van der Waals surface area (Å²) < 4.78 is 0. The normalized spacial score (nSPS) is 10.5. The molecule has 0 fully saturated rings. The van der Waals surface area contributed by atoms with Gasteiger partial charge in [-0.25, -0.2) is 0 Å². The Labute approximate surface area is 121 Å². The minimum Gasteiger partial charge on any atom is -0.507 e. The second-order valence-electron chi connectivity index (χ2n) is 5.19. The predicted octanol–water partition coefficient (Wildman–Crippen LogP) is 4.51. The van der Waals surface area contributed by atoms with Crippen molar-refractivity contribution in [1.29, 1.82) is 0 Å². The van der Waals surface area contributed by atoms with Gasteiger partial charge in [0, 0.05) is 24.3 Å². The fraction of sp³-hybridized carbons (Fsp3) is 0.333. The molecule has 0 spiro atoms. The average Bonchev–Trinajstić information content (AvgIpc) is 2.48. The number of aryl methyl sites for hydroxylation is 1. The lowest BCUT2D eigenvalue weighted by atomic mass is 10.1. The maximum Gasteiger partial charge on any atom is 0.123 e. The van der Waals surface area contributed by atoms with Crippen LogP contribution in [0.1, 0.15) is 30.9 Å². The van der Waals surface area contributed by atoms with Crippen molar-refractivity contribution in [2.24, 2.45) is 0 Å². The summed E-state index contributed by atoms with van der Waals surface area (Å²) >= 11 is 0. The Kier molecular flexibility index (Phi) is 5.05. The molecule has 2 rings (SSSR count). The van der Waals surface area contributed by atoms with Gasteiger partial charge in [-0.05, 0) is 31.0 Å². The van der Waals surface area contributed by atoms with Crippen LogP contribution in [0.25, 0.3) is 0 Å². The summed E-state index contributed by atoms with van der Waals surface area (Å²) in [4.78, 5) is 2.33. The largest absolute Gasteiger partial charge is 0.507 e. The van der Waals surface area contributed by atoms with Crippen LogP contribution in [0.3, 0.4) is 0 Å². The van der Waals surface area contributed by atoms with Gasteiger partial charge >= 0.3 is 0 Å². The van der Waals surface area contributed by atoms with E-state index in [9.17, 15) is 5.11 Å². The number of phenolic OH excluding ortho intramolecular Hbond substituents is 1. The monoisotopic (exact) mass is 269 g/mol. The van der Waals surface area contributed by atoms with Gasteiger partial charge in [0.25, 0.3) is 0 Å². The first kappa shape index (κ1) is 14.4. The van der Waals surface area contributed by atoms with E-state index in [1.54, 1.807) is 0 Å². The summed E-state index contributed by atoms with van der Waals surface area (Å²) in [5, 5.41) is 10.2. The molecule has 0 unspecified atom stereocenters. The highest BCUT2D eigenvalue weighted by atomic mass is 16.3. The number of para-hydroxylation sites is 2. The van der Waals surface area contributed by atoms with Crippen molar-refractivity contribution in [2.75, 3.05) is 11.4 Å². The SMILES string of the molecule is CCCCN(Cc1cccc(C)c1O)c1ccccc1. The summed E-state index contributed by atoms with van der Waals surface area (Å²) in [7, 11) is 0. The van der Waals surface area contributed by atoms with E-state index < -0.39 is 0 Å². The number of phenols is 1. The van der Waals surface area contributed by atoms with Gasteiger partial charge in [-0.3, -0.25) is 0 Å². The fourth-order valence-electron chi connectivity index (χ4n) is 2.34. The number of benzene rings is 2. The molecule has 0 heterocycles. The summed E-state index contributed by atoms with van der Waals surface area (Å²) in [6.45, 7) is 5.90. The summed E-state index contributed by atoms with van der Waals surface area (Å²) in [5.74, 6) is 0.421. The summed E-state index contributed by atoms with van der Waals surface area (Å²) in [6.07, 6.45) is 2.32. The molecule has 106 valence electrons. The quantitative estimate of drug-likeness (QED) is 0.834. The molecule has 0 radical (unpaired) electrons. The minimum atomic E-state index is 0.421. The number of hydrogen-bond acceptors (Lipinski definition) is 2. The topological polar surface area (TPSA) is 23.5 Å². The molecule has 20 heavy (non-hydrogen) atoms. The van der Waals surface area contributed by atoms with Crippen molar-refractivity contribution in [3.05, 3.63) is 59.7 Å². The molecular weight excluding hydrogens is 246 g/mol. The zero-order valence-corrected chi connectivity index (χ0v) is 12.3. The number of hydrogen-bond donors (Lipinski definition) is 1. The number of anilines is 1. The van der Waals surface area contributed by atoms with Crippen molar-refractivity contribution >= 4 is 5.69 Å². The van der Waals surface area contributed by atoms with Gasteiger partial charge in [-0.2, -0.15) is 0 Å². The van der Waals surface area contributed by atoms with E-state index in [1.165, 1.54) is 12.1 Å². The lowest BCUT2D eigenvalue weighted by Crippen LogP contribution is -2.23. The molecule has 0 amide bonds.